The van der Waals surface area contributed by atoms with Crippen molar-refractivity contribution in [1.29, 1.82) is 0 Å². The number of allylic oxidation sites excluding steroid dienone is 3. The Morgan fingerprint density at radius 2 is 2.28 bits per heavy atom. The third kappa shape index (κ3) is 4.49. The summed E-state index contributed by atoms with van der Waals surface area (Å²) in [6, 6.07) is -0.912. The minimum atomic E-state index is -0.867. The Morgan fingerprint density at radius 1 is 1.61 bits per heavy atom. The fourth-order valence-electron chi connectivity index (χ4n) is 1.31. The molecule has 0 bridgehead atoms. The van der Waals surface area contributed by atoms with Gasteiger partial charge in [-0.1, -0.05) is 37.6 Å². The van der Waals surface area contributed by atoms with Gasteiger partial charge in [0.15, 0.2) is 0 Å². The summed E-state index contributed by atoms with van der Waals surface area (Å²) in [6.45, 7) is 3.71. The molecule has 4 nitrogen and oxygen atoms in total. The molecule has 0 aromatic heterocycles. The van der Waals surface area contributed by atoms with Crippen LogP contribution in [0, 0.1) is 5.92 Å². The van der Waals surface area contributed by atoms with Crippen molar-refractivity contribution in [3.05, 3.63) is 34.2 Å². The summed E-state index contributed by atoms with van der Waals surface area (Å²) in [5, 5.41) is 9.58. The van der Waals surface area contributed by atoms with Crippen LogP contribution in [-0.4, -0.2) is 23.2 Å². The van der Waals surface area contributed by atoms with Gasteiger partial charge in [-0.05, 0) is 30.0 Å². The van der Waals surface area contributed by atoms with Gasteiger partial charge >= 0.3 is 5.97 Å². The number of carboxylic acids is 1. The number of rotatable bonds is 5. The average molecular weight is 289 g/mol. The molecule has 0 radical (unpaired) electrons. The number of carboxylic acid groups (broad SMARTS) is 1. The van der Waals surface area contributed by atoms with Gasteiger partial charge in [0.25, 0.3) is 0 Å². The molecule has 0 saturated heterocycles. The molecule has 1 aliphatic rings. The summed E-state index contributed by atoms with van der Waals surface area (Å²) >= 11 is 7.24. The van der Waals surface area contributed by atoms with Crippen LogP contribution in [0.25, 0.3) is 0 Å². The summed E-state index contributed by atoms with van der Waals surface area (Å²) in [5.74, 6) is -0.868. The highest BCUT2D eigenvalue weighted by molar-refractivity contribution is 8.01. The molecule has 6 heteroatoms. The molecule has 0 fully saturated rings. The van der Waals surface area contributed by atoms with Crippen molar-refractivity contribution < 1.29 is 9.90 Å². The first kappa shape index (κ1) is 15.3. The van der Waals surface area contributed by atoms with Gasteiger partial charge < -0.3 is 10.8 Å². The predicted molar refractivity (Wildman–Crippen MR) is 76.1 cm³/mol. The zero-order chi connectivity index (χ0) is 13.7. The van der Waals surface area contributed by atoms with Crippen molar-refractivity contribution in [2.45, 2.75) is 25.9 Å². The van der Waals surface area contributed by atoms with Crippen molar-refractivity contribution in [1.82, 2.24) is 4.72 Å². The summed E-state index contributed by atoms with van der Waals surface area (Å²) in [4.78, 5) is 11.9. The van der Waals surface area contributed by atoms with E-state index in [0.29, 0.717) is 5.03 Å². The van der Waals surface area contributed by atoms with Gasteiger partial charge in [-0.25, -0.2) is 4.72 Å². The van der Waals surface area contributed by atoms with E-state index in [0.717, 1.165) is 4.91 Å². The number of halogens is 1. The van der Waals surface area contributed by atoms with Gasteiger partial charge in [0.05, 0.1) is 6.04 Å². The van der Waals surface area contributed by atoms with Crippen LogP contribution < -0.4 is 10.5 Å². The van der Waals surface area contributed by atoms with Crippen molar-refractivity contribution >= 4 is 29.5 Å². The maximum Gasteiger partial charge on any atom is 0.321 e. The van der Waals surface area contributed by atoms with Crippen LogP contribution in [-0.2, 0) is 4.79 Å². The number of nitrogens with one attached hydrogen (secondary N) is 1. The Labute approximate surface area is 116 Å². The SMILES string of the molecule is CC(C)C(NSC1=CC=CC(N)C(Cl)=C1)C(=O)O. The molecule has 18 heavy (non-hydrogen) atoms. The highest BCUT2D eigenvalue weighted by Crippen LogP contribution is 2.23. The fraction of sp³-hybridized carbons (Fsp3) is 0.417. The lowest BCUT2D eigenvalue weighted by Crippen LogP contribution is -2.36. The van der Waals surface area contributed by atoms with Crippen LogP contribution in [0.3, 0.4) is 0 Å². The Kier molecular flexibility index (Phi) is 5.95. The van der Waals surface area contributed by atoms with Crippen LogP contribution in [0.2, 0.25) is 0 Å². The first-order valence-electron chi connectivity index (χ1n) is 5.58. The summed E-state index contributed by atoms with van der Waals surface area (Å²) < 4.78 is 2.92. The summed E-state index contributed by atoms with van der Waals surface area (Å²) in [7, 11) is 0. The molecule has 2 atom stereocenters. The normalized spacial score (nSPS) is 21.3. The van der Waals surface area contributed by atoms with E-state index in [1.165, 1.54) is 11.9 Å². The predicted octanol–water partition coefficient (Wildman–Crippen LogP) is 2.24. The van der Waals surface area contributed by atoms with Crippen molar-refractivity contribution in [3.63, 3.8) is 0 Å². The van der Waals surface area contributed by atoms with E-state index >= 15 is 0 Å². The highest BCUT2D eigenvalue weighted by Gasteiger charge is 2.21. The van der Waals surface area contributed by atoms with Gasteiger partial charge in [-0.15, -0.1) is 0 Å². The maximum atomic E-state index is 11.0. The number of carbonyl (C=O) groups is 1. The van der Waals surface area contributed by atoms with Crippen LogP contribution >= 0.6 is 23.5 Å². The smallest absolute Gasteiger partial charge is 0.321 e. The molecule has 0 spiro atoms. The second-order valence-corrected chi connectivity index (χ2v) is 5.64. The second-order valence-electron chi connectivity index (χ2n) is 4.29. The quantitative estimate of drug-likeness (QED) is 0.677. The molecule has 1 rings (SSSR count). The van der Waals surface area contributed by atoms with E-state index < -0.39 is 12.0 Å². The largest absolute Gasteiger partial charge is 0.480 e. The van der Waals surface area contributed by atoms with Crippen LogP contribution in [0.4, 0.5) is 0 Å². The van der Waals surface area contributed by atoms with Gasteiger partial charge in [-0.2, -0.15) is 0 Å². The van der Waals surface area contributed by atoms with Gasteiger partial charge in [0.2, 0.25) is 0 Å². The summed E-state index contributed by atoms with van der Waals surface area (Å²) in [5.41, 5.74) is 5.75. The number of nitrogens with two attached hydrogens (primary N) is 1. The highest BCUT2D eigenvalue weighted by atomic mass is 35.5. The molecule has 0 aromatic rings. The zero-order valence-corrected chi connectivity index (χ0v) is 11.8. The Bertz CT molecular complexity index is 405. The molecular weight excluding hydrogens is 272 g/mol. The second kappa shape index (κ2) is 6.99. The van der Waals surface area contributed by atoms with Crippen molar-refractivity contribution in [3.8, 4) is 0 Å². The zero-order valence-electron chi connectivity index (χ0n) is 10.3. The lowest BCUT2D eigenvalue weighted by molar-refractivity contribution is -0.139. The molecule has 2 unspecified atom stereocenters. The average Bonchev–Trinajstić information content (AvgIpc) is 2.41. The van der Waals surface area contributed by atoms with Crippen LogP contribution in [0.15, 0.2) is 34.2 Å². The first-order valence-corrected chi connectivity index (χ1v) is 6.77. The molecule has 4 N–H and O–H groups in total. The number of aliphatic carboxylic acids is 1. The van der Waals surface area contributed by atoms with Gasteiger partial charge in [0.1, 0.15) is 6.04 Å². The third-order valence-electron chi connectivity index (χ3n) is 2.41. The van der Waals surface area contributed by atoms with Crippen molar-refractivity contribution in [2.75, 3.05) is 0 Å². The van der Waals surface area contributed by atoms with Gasteiger partial charge in [0, 0.05) is 9.94 Å². The number of hydrogen-bond acceptors (Lipinski definition) is 4. The molecule has 1 aliphatic carbocycles. The van der Waals surface area contributed by atoms with Crippen molar-refractivity contribution in [2.24, 2.45) is 11.7 Å². The molecular formula is C12H17ClN2O2S. The Balaban J connectivity index is 2.66. The molecule has 100 valence electrons. The van der Waals surface area contributed by atoms with E-state index in [4.69, 9.17) is 22.4 Å². The maximum absolute atomic E-state index is 11.0. The van der Waals surface area contributed by atoms with E-state index in [-0.39, 0.29) is 12.0 Å². The first-order chi connectivity index (χ1) is 8.41. The minimum Gasteiger partial charge on any atom is -0.480 e. The van der Waals surface area contributed by atoms with Crippen LogP contribution in [0.5, 0.6) is 0 Å². The lowest BCUT2D eigenvalue weighted by Gasteiger charge is -2.17. The lowest BCUT2D eigenvalue weighted by atomic mass is 10.1. The standard InChI is InChI=1S/C12H17ClN2O2S/c1-7(2)11(12(16)17)15-18-8-4-3-5-10(14)9(13)6-8/h3-7,10-11,15H,14H2,1-2H3,(H,16,17). The molecule has 0 amide bonds. The van der Waals surface area contributed by atoms with E-state index in [1.807, 2.05) is 26.0 Å². The van der Waals surface area contributed by atoms with E-state index in [9.17, 15) is 4.79 Å². The van der Waals surface area contributed by atoms with Gasteiger partial charge in [-0.3, -0.25) is 4.79 Å². The Hall–Kier alpha value is -0.750. The molecule has 0 heterocycles. The Morgan fingerprint density at radius 3 is 2.83 bits per heavy atom. The molecule has 0 saturated carbocycles. The van der Waals surface area contributed by atoms with E-state index in [2.05, 4.69) is 4.72 Å². The van der Waals surface area contributed by atoms with E-state index in [1.54, 1.807) is 12.2 Å². The monoisotopic (exact) mass is 288 g/mol. The third-order valence-corrected chi connectivity index (χ3v) is 3.64. The number of hydrogen-bond donors (Lipinski definition) is 3. The molecule has 0 aliphatic heterocycles. The topological polar surface area (TPSA) is 75.3 Å². The minimum absolute atomic E-state index is 0.00127. The van der Waals surface area contributed by atoms with Crippen LogP contribution in [0.1, 0.15) is 13.8 Å². The summed E-state index contributed by atoms with van der Waals surface area (Å²) in [6.07, 6.45) is 7.17. The molecule has 0 aromatic carbocycles. The fourth-order valence-corrected chi connectivity index (χ4v) is 2.53.